The number of anilines is 2. The zero-order chi connectivity index (χ0) is 22.1. The second kappa shape index (κ2) is 8.79. The molecule has 164 valence electrons. The van der Waals surface area contributed by atoms with E-state index in [-0.39, 0.29) is 11.8 Å². The molecule has 0 aromatic carbocycles. The van der Waals surface area contributed by atoms with E-state index >= 15 is 0 Å². The van der Waals surface area contributed by atoms with Gasteiger partial charge in [-0.15, -0.1) is 10.2 Å². The fourth-order valence-corrected chi connectivity index (χ4v) is 4.58. The molecule has 5 rings (SSSR count). The highest BCUT2D eigenvalue weighted by molar-refractivity contribution is 9.10. The van der Waals surface area contributed by atoms with Crippen molar-refractivity contribution in [3.63, 3.8) is 0 Å². The lowest BCUT2D eigenvalue weighted by atomic mass is 9.96. The molecule has 1 amide bonds. The number of carbonyl (C=O) groups is 1. The molecule has 32 heavy (non-hydrogen) atoms. The van der Waals surface area contributed by atoms with Crippen LogP contribution in [0.2, 0.25) is 0 Å². The molecule has 0 unspecified atom stereocenters. The van der Waals surface area contributed by atoms with Crippen LogP contribution in [0.4, 0.5) is 10.9 Å². The molecule has 1 N–H and O–H groups in total. The summed E-state index contributed by atoms with van der Waals surface area (Å²) in [6, 6.07) is 5.51. The number of hydrogen-bond donors (Lipinski definition) is 1. The molecular weight excluding hydrogens is 496 g/mol. The van der Waals surface area contributed by atoms with Crippen LogP contribution in [0.15, 0.2) is 41.4 Å². The van der Waals surface area contributed by atoms with Crippen LogP contribution in [0.5, 0.6) is 11.5 Å². The van der Waals surface area contributed by atoms with E-state index in [1.165, 1.54) is 11.5 Å². The number of nitrogens with one attached hydrogen (secondary N) is 1. The minimum atomic E-state index is 0.118. The van der Waals surface area contributed by atoms with Gasteiger partial charge in [0.1, 0.15) is 12.2 Å². The highest BCUT2D eigenvalue weighted by atomic mass is 79.9. The maximum atomic E-state index is 11.5. The van der Waals surface area contributed by atoms with Gasteiger partial charge in [0.2, 0.25) is 16.7 Å². The Balaban J connectivity index is 1.34. The lowest BCUT2D eigenvalue weighted by Gasteiger charge is -2.29. The van der Waals surface area contributed by atoms with Crippen molar-refractivity contribution in [1.29, 1.82) is 0 Å². The van der Waals surface area contributed by atoms with E-state index in [4.69, 9.17) is 4.74 Å². The number of nitrogens with zero attached hydrogens (tertiary/aromatic N) is 7. The van der Waals surface area contributed by atoms with Crippen LogP contribution in [0, 0.1) is 0 Å². The Morgan fingerprint density at radius 3 is 2.97 bits per heavy atom. The molecule has 0 atom stereocenters. The van der Waals surface area contributed by atoms with E-state index in [0.29, 0.717) is 28.1 Å². The smallest absolute Gasteiger partial charge is 0.219 e. The van der Waals surface area contributed by atoms with Gasteiger partial charge in [-0.05, 0) is 40.9 Å². The van der Waals surface area contributed by atoms with Crippen LogP contribution in [-0.4, -0.2) is 52.8 Å². The summed E-state index contributed by atoms with van der Waals surface area (Å²) in [4.78, 5) is 22.5. The number of piperidine rings is 1. The summed E-state index contributed by atoms with van der Waals surface area (Å²) >= 11 is 4.73. The van der Waals surface area contributed by atoms with Crippen molar-refractivity contribution < 1.29 is 9.53 Å². The molecular formula is C20H19BrN8O2S. The number of pyridine rings is 2. The third-order valence-electron chi connectivity index (χ3n) is 5.30. The maximum absolute atomic E-state index is 11.5. The van der Waals surface area contributed by atoms with Gasteiger partial charge < -0.3 is 15.0 Å². The lowest BCUT2D eigenvalue weighted by Crippen LogP contribution is -2.36. The Bertz CT molecular complexity index is 1270. The van der Waals surface area contributed by atoms with Crippen LogP contribution in [-0.2, 0) is 4.79 Å². The molecule has 1 saturated heterocycles. The van der Waals surface area contributed by atoms with Crippen molar-refractivity contribution in [2.45, 2.75) is 25.7 Å². The van der Waals surface area contributed by atoms with E-state index < -0.39 is 0 Å². The van der Waals surface area contributed by atoms with E-state index in [0.717, 1.165) is 36.2 Å². The molecule has 10 nitrogen and oxygen atoms in total. The van der Waals surface area contributed by atoms with E-state index in [1.807, 2.05) is 29.3 Å². The summed E-state index contributed by atoms with van der Waals surface area (Å²) in [5.41, 5.74) is 0.605. The molecule has 0 saturated carbocycles. The summed E-state index contributed by atoms with van der Waals surface area (Å²) in [7, 11) is 0. The monoisotopic (exact) mass is 514 g/mol. The fourth-order valence-electron chi connectivity index (χ4n) is 3.62. The van der Waals surface area contributed by atoms with E-state index in [9.17, 15) is 4.79 Å². The SMILES string of the molecule is CC(=O)N1CCC(c2nsc(Nc3ncc(Br)cc3Oc3cccn4cnnc34)n2)CC1. The first-order chi connectivity index (χ1) is 15.6. The average molecular weight is 515 g/mol. The number of fused-ring (bicyclic) bond motifs is 1. The predicted molar refractivity (Wildman–Crippen MR) is 122 cm³/mol. The molecule has 5 heterocycles. The van der Waals surface area contributed by atoms with Gasteiger partial charge in [0, 0.05) is 60.4 Å². The van der Waals surface area contributed by atoms with Crippen molar-refractivity contribution >= 4 is 50.0 Å². The Morgan fingerprint density at radius 2 is 2.16 bits per heavy atom. The number of halogens is 1. The maximum Gasteiger partial charge on any atom is 0.219 e. The first kappa shape index (κ1) is 20.8. The Labute approximate surface area is 196 Å². The molecule has 1 aliphatic heterocycles. The van der Waals surface area contributed by atoms with Crippen molar-refractivity contribution in [3.8, 4) is 11.5 Å². The molecule has 1 fully saturated rings. The van der Waals surface area contributed by atoms with Gasteiger partial charge in [0.05, 0.1) is 0 Å². The third-order valence-corrected chi connectivity index (χ3v) is 6.38. The molecule has 4 aromatic rings. The zero-order valence-electron chi connectivity index (χ0n) is 17.1. The molecule has 0 aliphatic carbocycles. The van der Waals surface area contributed by atoms with Gasteiger partial charge >= 0.3 is 0 Å². The summed E-state index contributed by atoms with van der Waals surface area (Å²) in [5.74, 6) is 2.76. The van der Waals surface area contributed by atoms with E-state index in [1.54, 1.807) is 23.8 Å². The molecule has 12 heteroatoms. The van der Waals surface area contributed by atoms with Gasteiger partial charge in [-0.25, -0.2) is 9.97 Å². The quantitative estimate of drug-likeness (QED) is 0.425. The largest absolute Gasteiger partial charge is 0.449 e. The first-order valence-corrected chi connectivity index (χ1v) is 11.6. The normalized spacial score (nSPS) is 14.6. The Morgan fingerprint density at radius 1 is 1.31 bits per heavy atom. The van der Waals surface area contributed by atoms with Crippen molar-refractivity contribution in [1.82, 2.24) is 33.8 Å². The van der Waals surface area contributed by atoms with Crippen molar-refractivity contribution in [2.24, 2.45) is 0 Å². The minimum Gasteiger partial charge on any atom is -0.449 e. The standard InChI is InChI=1S/C20H19BrN8O2S/c1-12(30)28-7-4-13(5-8-28)17-24-20(32-27-17)25-18-16(9-14(21)10-22-18)31-15-3-2-6-29-11-23-26-19(15)29/h2-3,6,9-11,13H,4-5,7-8H2,1H3,(H,22,24,25,27). The van der Waals surface area contributed by atoms with Crippen LogP contribution in [0.1, 0.15) is 31.5 Å². The highest BCUT2D eigenvalue weighted by Gasteiger charge is 2.25. The third kappa shape index (κ3) is 4.28. The van der Waals surface area contributed by atoms with Crippen LogP contribution in [0.25, 0.3) is 5.65 Å². The molecule has 0 bridgehead atoms. The minimum absolute atomic E-state index is 0.118. The number of ether oxygens (including phenoxy) is 1. The number of hydrogen-bond acceptors (Lipinski definition) is 9. The molecule has 0 spiro atoms. The van der Waals surface area contributed by atoms with Gasteiger partial charge in [0.15, 0.2) is 17.3 Å². The Hall–Kier alpha value is -3.12. The molecule has 1 aliphatic rings. The predicted octanol–water partition coefficient (Wildman–Crippen LogP) is 4.00. The second-order valence-electron chi connectivity index (χ2n) is 7.40. The Kier molecular flexibility index (Phi) is 5.70. The van der Waals surface area contributed by atoms with Gasteiger partial charge in [-0.2, -0.15) is 4.37 Å². The van der Waals surface area contributed by atoms with Crippen LogP contribution >= 0.6 is 27.5 Å². The summed E-state index contributed by atoms with van der Waals surface area (Å²) < 4.78 is 13.2. The van der Waals surface area contributed by atoms with Crippen molar-refractivity contribution in [3.05, 3.63) is 47.2 Å². The van der Waals surface area contributed by atoms with Crippen LogP contribution in [0.3, 0.4) is 0 Å². The van der Waals surface area contributed by atoms with Crippen LogP contribution < -0.4 is 10.1 Å². The fraction of sp³-hybridized carbons (Fsp3) is 0.300. The topological polar surface area (TPSA) is 110 Å². The summed E-state index contributed by atoms with van der Waals surface area (Å²) in [6.07, 6.45) is 6.88. The number of aromatic nitrogens is 6. The zero-order valence-corrected chi connectivity index (χ0v) is 19.5. The van der Waals surface area contributed by atoms with Gasteiger partial charge in [-0.3, -0.25) is 9.20 Å². The highest BCUT2D eigenvalue weighted by Crippen LogP contribution is 2.35. The summed E-state index contributed by atoms with van der Waals surface area (Å²) in [6.45, 7) is 3.09. The average Bonchev–Trinajstić information content (AvgIpc) is 3.46. The second-order valence-corrected chi connectivity index (χ2v) is 9.07. The number of amides is 1. The van der Waals surface area contributed by atoms with Crippen molar-refractivity contribution in [2.75, 3.05) is 18.4 Å². The summed E-state index contributed by atoms with van der Waals surface area (Å²) in [5, 5.41) is 11.9. The molecule has 4 aromatic heterocycles. The number of rotatable bonds is 5. The lowest BCUT2D eigenvalue weighted by molar-refractivity contribution is -0.129. The van der Waals surface area contributed by atoms with E-state index in [2.05, 4.69) is 45.8 Å². The number of carbonyl (C=O) groups excluding carboxylic acids is 1. The first-order valence-electron chi connectivity index (χ1n) is 10.0. The van der Waals surface area contributed by atoms with Gasteiger partial charge in [-0.1, -0.05) is 0 Å². The molecule has 0 radical (unpaired) electrons. The number of likely N-dealkylation sites (tertiary alicyclic amines) is 1. The van der Waals surface area contributed by atoms with Gasteiger partial charge in [0.25, 0.3) is 0 Å².